The van der Waals surface area contributed by atoms with Crippen LogP contribution >= 0.6 is 11.8 Å². The van der Waals surface area contributed by atoms with Crippen molar-refractivity contribution in [3.8, 4) is 0 Å². The summed E-state index contributed by atoms with van der Waals surface area (Å²) in [5, 5.41) is 12.3. The van der Waals surface area contributed by atoms with Crippen LogP contribution in [0.4, 0.5) is 0 Å². The van der Waals surface area contributed by atoms with E-state index in [4.69, 9.17) is 0 Å². The van der Waals surface area contributed by atoms with Crippen LogP contribution in [0.3, 0.4) is 0 Å². The number of rotatable bonds is 7. The van der Waals surface area contributed by atoms with Crippen molar-refractivity contribution < 1.29 is 4.79 Å². The van der Waals surface area contributed by atoms with Gasteiger partial charge < -0.3 is 4.90 Å². The average molecular weight is 319 g/mol. The number of hydrogen-bond donors (Lipinski definition) is 0. The molecule has 0 spiro atoms. The van der Waals surface area contributed by atoms with Crippen molar-refractivity contribution in [1.82, 2.24) is 25.1 Å². The minimum Gasteiger partial charge on any atom is -0.338 e. The molecule has 0 bridgehead atoms. The zero-order valence-electron chi connectivity index (χ0n) is 13.1. The molecule has 0 radical (unpaired) electrons. The molecule has 0 fully saturated rings. The molecular weight excluding hydrogens is 298 g/mol. The molecule has 0 saturated carbocycles. The highest BCUT2D eigenvalue weighted by Crippen LogP contribution is 2.18. The highest BCUT2D eigenvalue weighted by molar-refractivity contribution is 7.99. The van der Waals surface area contributed by atoms with Crippen LogP contribution in [0.1, 0.15) is 32.4 Å². The van der Waals surface area contributed by atoms with Crippen LogP contribution < -0.4 is 0 Å². The van der Waals surface area contributed by atoms with Crippen LogP contribution in [0.2, 0.25) is 0 Å². The van der Waals surface area contributed by atoms with E-state index < -0.39 is 0 Å². The summed E-state index contributed by atoms with van der Waals surface area (Å²) in [4.78, 5) is 14.2. The number of hydrogen-bond acceptors (Lipinski definition) is 5. The maximum atomic E-state index is 12.4. The normalized spacial score (nSPS) is 10.9. The zero-order chi connectivity index (χ0) is 15.9. The van der Waals surface area contributed by atoms with Crippen molar-refractivity contribution in [3.05, 3.63) is 35.9 Å². The van der Waals surface area contributed by atoms with E-state index in [1.54, 1.807) is 4.68 Å². The number of nitrogens with zero attached hydrogens (tertiary/aromatic N) is 5. The number of tetrazole rings is 1. The molecule has 1 aromatic carbocycles. The third-order valence-corrected chi connectivity index (χ3v) is 4.15. The van der Waals surface area contributed by atoms with Gasteiger partial charge in [0, 0.05) is 13.1 Å². The maximum absolute atomic E-state index is 12.4. The first-order valence-electron chi connectivity index (χ1n) is 7.34. The first kappa shape index (κ1) is 16.5. The predicted molar refractivity (Wildman–Crippen MR) is 86.5 cm³/mol. The molecule has 2 aromatic rings. The molecule has 22 heavy (non-hydrogen) atoms. The van der Waals surface area contributed by atoms with E-state index in [9.17, 15) is 4.79 Å². The van der Waals surface area contributed by atoms with Crippen molar-refractivity contribution in [2.24, 2.45) is 0 Å². The fourth-order valence-electron chi connectivity index (χ4n) is 2.00. The van der Waals surface area contributed by atoms with Gasteiger partial charge in [-0.25, -0.2) is 4.68 Å². The lowest BCUT2D eigenvalue weighted by Gasteiger charge is -2.20. The zero-order valence-corrected chi connectivity index (χ0v) is 14.0. The first-order chi connectivity index (χ1) is 10.6. The molecule has 0 aliphatic carbocycles. The third kappa shape index (κ3) is 4.30. The van der Waals surface area contributed by atoms with Crippen LogP contribution in [0.15, 0.2) is 35.5 Å². The highest BCUT2D eigenvalue weighted by atomic mass is 32.2. The molecule has 6 nitrogen and oxygen atoms in total. The first-order valence-corrected chi connectivity index (χ1v) is 8.32. The van der Waals surface area contributed by atoms with Gasteiger partial charge in [0.1, 0.15) is 0 Å². The molecule has 0 saturated heterocycles. The molecule has 118 valence electrons. The standard InChI is InChI=1S/C15H21N5OS/c1-4-19(10-13-8-6-5-7-9-13)14(21)11-22-15-16-17-18-20(15)12(2)3/h5-9,12H,4,10-11H2,1-3H3. The van der Waals surface area contributed by atoms with Crippen molar-refractivity contribution in [1.29, 1.82) is 0 Å². The Hall–Kier alpha value is -1.89. The Balaban J connectivity index is 1.93. The minimum atomic E-state index is 0.0923. The Bertz CT molecular complexity index is 599. The monoisotopic (exact) mass is 319 g/mol. The van der Waals surface area contributed by atoms with Gasteiger partial charge >= 0.3 is 0 Å². The topological polar surface area (TPSA) is 63.9 Å². The molecule has 0 aliphatic heterocycles. The fraction of sp³-hybridized carbons (Fsp3) is 0.467. The third-order valence-electron chi connectivity index (χ3n) is 3.23. The van der Waals surface area contributed by atoms with Crippen LogP contribution in [0, 0.1) is 0 Å². The summed E-state index contributed by atoms with van der Waals surface area (Å²) in [5.41, 5.74) is 1.13. The van der Waals surface area contributed by atoms with E-state index in [1.807, 2.05) is 56.0 Å². The lowest BCUT2D eigenvalue weighted by molar-refractivity contribution is -0.128. The lowest BCUT2D eigenvalue weighted by Crippen LogP contribution is -2.31. The van der Waals surface area contributed by atoms with Crippen LogP contribution in [0.5, 0.6) is 0 Å². The van der Waals surface area contributed by atoms with Gasteiger partial charge in [0.2, 0.25) is 11.1 Å². The van der Waals surface area contributed by atoms with Crippen molar-refractivity contribution in [3.63, 3.8) is 0 Å². The molecule has 7 heteroatoms. The van der Waals surface area contributed by atoms with Gasteiger partial charge in [0.25, 0.3) is 0 Å². The molecular formula is C15H21N5OS. The second kappa shape index (κ2) is 7.93. The summed E-state index contributed by atoms with van der Waals surface area (Å²) >= 11 is 1.38. The number of aromatic nitrogens is 4. The predicted octanol–water partition coefficient (Wildman–Crippen LogP) is 2.39. The second-order valence-electron chi connectivity index (χ2n) is 5.18. The molecule has 0 N–H and O–H groups in total. The Morgan fingerprint density at radius 2 is 2.05 bits per heavy atom. The Labute approximate surface area is 134 Å². The summed E-state index contributed by atoms with van der Waals surface area (Å²) < 4.78 is 1.73. The number of carbonyl (C=O) groups is 1. The Morgan fingerprint density at radius 1 is 1.32 bits per heavy atom. The van der Waals surface area contributed by atoms with Gasteiger partial charge in [-0.3, -0.25) is 4.79 Å². The number of carbonyl (C=O) groups excluding carboxylic acids is 1. The highest BCUT2D eigenvalue weighted by Gasteiger charge is 2.16. The average Bonchev–Trinajstić information content (AvgIpc) is 3.00. The number of thioether (sulfide) groups is 1. The van der Waals surface area contributed by atoms with E-state index in [2.05, 4.69) is 15.5 Å². The SMILES string of the molecule is CCN(Cc1ccccc1)C(=O)CSc1nnnn1C(C)C. The summed E-state index contributed by atoms with van der Waals surface area (Å²) in [7, 11) is 0. The minimum absolute atomic E-state index is 0.0923. The van der Waals surface area contributed by atoms with Gasteiger partial charge in [-0.15, -0.1) is 5.10 Å². The quantitative estimate of drug-likeness (QED) is 0.733. The van der Waals surface area contributed by atoms with E-state index >= 15 is 0 Å². The molecule has 2 rings (SSSR count). The Morgan fingerprint density at radius 3 is 2.68 bits per heavy atom. The lowest BCUT2D eigenvalue weighted by atomic mass is 10.2. The maximum Gasteiger partial charge on any atom is 0.233 e. The molecule has 0 atom stereocenters. The van der Waals surface area contributed by atoms with E-state index in [1.165, 1.54) is 11.8 Å². The Kier molecular flexibility index (Phi) is 5.94. The van der Waals surface area contributed by atoms with Crippen LogP contribution in [0.25, 0.3) is 0 Å². The summed E-state index contributed by atoms with van der Waals surface area (Å²) in [5.74, 6) is 0.433. The van der Waals surface area contributed by atoms with Gasteiger partial charge in [0.15, 0.2) is 0 Å². The summed E-state index contributed by atoms with van der Waals surface area (Å²) in [6, 6.07) is 10.2. The molecule has 1 aromatic heterocycles. The second-order valence-corrected chi connectivity index (χ2v) is 6.12. The van der Waals surface area contributed by atoms with Crippen molar-refractivity contribution in [2.75, 3.05) is 12.3 Å². The van der Waals surface area contributed by atoms with Crippen LogP contribution in [-0.2, 0) is 11.3 Å². The van der Waals surface area contributed by atoms with E-state index in [0.29, 0.717) is 24.0 Å². The molecule has 1 heterocycles. The summed E-state index contributed by atoms with van der Waals surface area (Å²) in [6.07, 6.45) is 0. The van der Waals surface area contributed by atoms with Gasteiger partial charge in [-0.1, -0.05) is 42.1 Å². The van der Waals surface area contributed by atoms with Gasteiger partial charge in [-0.2, -0.15) is 0 Å². The molecule has 0 unspecified atom stereocenters. The van der Waals surface area contributed by atoms with Crippen molar-refractivity contribution >= 4 is 17.7 Å². The largest absolute Gasteiger partial charge is 0.338 e. The fourth-order valence-corrected chi connectivity index (χ4v) is 2.91. The smallest absolute Gasteiger partial charge is 0.233 e. The van der Waals surface area contributed by atoms with E-state index in [0.717, 1.165) is 5.56 Å². The van der Waals surface area contributed by atoms with Crippen molar-refractivity contribution in [2.45, 2.75) is 38.5 Å². The molecule has 1 amide bonds. The van der Waals surface area contributed by atoms with E-state index in [-0.39, 0.29) is 11.9 Å². The van der Waals surface area contributed by atoms with Gasteiger partial charge in [0.05, 0.1) is 11.8 Å². The van der Waals surface area contributed by atoms with Crippen LogP contribution in [-0.4, -0.2) is 43.3 Å². The number of amides is 1. The summed E-state index contributed by atoms with van der Waals surface area (Å²) in [6.45, 7) is 7.32. The number of benzene rings is 1. The molecule has 0 aliphatic rings. The van der Waals surface area contributed by atoms with Gasteiger partial charge in [-0.05, 0) is 36.8 Å².